The highest BCUT2D eigenvalue weighted by atomic mass is 16.4. The second-order valence-electron chi connectivity index (χ2n) is 3.19. The smallest absolute Gasteiger partial charge is 0.304 e. The molecule has 3 N–H and O–H groups in total. The zero-order valence-corrected chi connectivity index (χ0v) is 7.58. The van der Waals surface area contributed by atoms with E-state index in [0.717, 1.165) is 0 Å². The molecule has 72 valence electrons. The van der Waals surface area contributed by atoms with Crippen molar-refractivity contribution < 1.29 is 15.0 Å². The second-order valence-corrected chi connectivity index (χ2v) is 3.19. The predicted octanol–water partition coefficient (Wildman–Crippen LogP) is 0.0676. The van der Waals surface area contributed by atoms with Gasteiger partial charge in [-0.15, -0.1) is 0 Å². The molecule has 2 atom stereocenters. The average molecular weight is 175 g/mol. The van der Waals surface area contributed by atoms with E-state index >= 15 is 0 Å². The van der Waals surface area contributed by atoms with E-state index in [0.29, 0.717) is 6.54 Å². The summed E-state index contributed by atoms with van der Waals surface area (Å²) in [6, 6.07) is -0.0310. The highest BCUT2D eigenvalue weighted by molar-refractivity contribution is 5.67. The first-order chi connectivity index (χ1) is 5.56. The summed E-state index contributed by atoms with van der Waals surface area (Å²) in [5.41, 5.74) is 0. The number of aliphatic hydroxyl groups is 1. The Bertz CT molecular complexity index is 138. The summed E-state index contributed by atoms with van der Waals surface area (Å²) < 4.78 is 0. The molecule has 0 aromatic heterocycles. The van der Waals surface area contributed by atoms with E-state index in [9.17, 15) is 4.79 Å². The minimum absolute atomic E-state index is 0.0310. The first kappa shape index (κ1) is 11.4. The Hall–Kier alpha value is -0.610. The fourth-order valence-corrected chi connectivity index (χ4v) is 0.801. The van der Waals surface area contributed by atoms with Crippen LogP contribution in [0.5, 0.6) is 0 Å². The molecular formula is C8H17NO3. The monoisotopic (exact) mass is 175 g/mol. The number of carboxylic acids is 1. The fraction of sp³-hybridized carbons (Fsp3) is 0.875. The number of hydrogen-bond donors (Lipinski definition) is 3. The SMILES string of the molecule is CC(CO)CNC(C)CC(=O)O. The molecular weight excluding hydrogens is 158 g/mol. The molecule has 0 aliphatic heterocycles. The normalized spacial score (nSPS) is 15.6. The van der Waals surface area contributed by atoms with E-state index in [1.165, 1.54) is 0 Å². The largest absolute Gasteiger partial charge is 0.481 e. The summed E-state index contributed by atoms with van der Waals surface area (Å²) in [5.74, 6) is -0.618. The van der Waals surface area contributed by atoms with Crippen molar-refractivity contribution in [3.05, 3.63) is 0 Å². The van der Waals surface area contributed by atoms with Crippen LogP contribution < -0.4 is 5.32 Å². The van der Waals surface area contributed by atoms with Crippen molar-refractivity contribution in [3.63, 3.8) is 0 Å². The lowest BCUT2D eigenvalue weighted by Crippen LogP contribution is -2.33. The van der Waals surface area contributed by atoms with Crippen molar-refractivity contribution in [2.24, 2.45) is 5.92 Å². The van der Waals surface area contributed by atoms with Crippen molar-refractivity contribution in [1.29, 1.82) is 0 Å². The van der Waals surface area contributed by atoms with Crippen molar-refractivity contribution in [2.75, 3.05) is 13.2 Å². The van der Waals surface area contributed by atoms with Crippen LogP contribution in [0.3, 0.4) is 0 Å². The maximum atomic E-state index is 10.2. The third kappa shape index (κ3) is 6.12. The molecule has 0 spiro atoms. The third-order valence-corrected chi connectivity index (χ3v) is 1.61. The van der Waals surface area contributed by atoms with Gasteiger partial charge in [0.2, 0.25) is 0 Å². The van der Waals surface area contributed by atoms with Gasteiger partial charge in [-0.2, -0.15) is 0 Å². The van der Waals surface area contributed by atoms with Crippen molar-refractivity contribution in [3.8, 4) is 0 Å². The number of aliphatic hydroxyl groups excluding tert-OH is 1. The van der Waals surface area contributed by atoms with Gasteiger partial charge < -0.3 is 15.5 Å². The van der Waals surface area contributed by atoms with E-state index in [4.69, 9.17) is 10.2 Å². The first-order valence-electron chi connectivity index (χ1n) is 4.12. The molecule has 0 heterocycles. The molecule has 0 aliphatic rings. The van der Waals surface area contributed by atoms with Gasteiger partial charge in [0.1, 0.15) is 0 Å². The molecule has 4 nitrogen and oxygen atoms in total. The summed E-state index contributed by atoms with van der Waals surface area (Å²) in [6.45, 7) is 4.51. The standard InChI is InChI=1S/C8H17NO3/c1-6(5-10)4-9-7(2)3-8(11)12/h6-7,9-10H,3-5H2,1-2H3,(H,11,12). The maximum absolute atomic E-state index is 10.2. The fourth-order valence-electron chi connectivity index (χ4n) is 0.801. The van der Waals surface area contributed by atoms with Crippen LogP contribution in [-0.4, -0.2) is 35.4 Å². The van der Waals surface area contributed by atoms with Gasteiger partial charge in [-0.05, 0) is 12.8 Å². The predicted molar refractivity (Wildman–Crippen MR) is 46.0 cm³/mol. The number of carbonyl (C=O) groups is 1. The molecule has 0 aromatic rings. The molecule has 0 rings (SSSR count). The molecule has 0 radical (unpaired) electrons. The molecule has 0 amide bonds. The molecule has 2 unspecified atom stereocenters. The number of hydrogen-bond acceptors (Lipinski definition) is 3. The van der Waals surface area contributed by atoms with Gasteiger partial charge in [-0.25, -0.2) is 0 Å². The van der Waals surface area contributed by atoms with Crippen LogP contribution in [0.4, 0.5) is 0 Å². The zero-order valence-electron chi connectivity index (χ0n) is 7.58. The van der Waals surface area contributed by atoms with Crippen LogP contribution in [0.1, 0.15) is 20.3 Å². The number of nitrogens with one attached hydrogen (secondary N) is 1. The van der Waals surface area contributed by atoms with Crippen molar-refractivity contribution in [2.45, 2.75) is 26.3 Å². The maximum Gasteiger partial charge on any atom is 0.304 e. The molecule has 0 saturated heterocycles. The summed E-state index contributed by atoms with van der Waals surface area (Å²) >= 11 is 0. The topological polar surface area (TPSA) is 69.6 Å². The number of aliphatic carboxylic acids is 1. The highest BCUT2D eigenvalue weighted by Crippen LogP contribution is 1.94. The Kier molecular flexibility index (Phi) is 5.66. The quantitative estimate of drug-likeness (QED) is 0.534. The van der Waals surface area contributed by atoms with Crippen LogP contribution in [0, 0.1) is 5.92 Å². The molecule has 0 saturated carbocycles. The van der Waals surface area contributed by atoms with Gasteiger partial charge in [-0.1, -0.05) is 6.92 Å². The van der Waals surface area contributed by atoms with Crippen LogP contribution >= 0.6 is 0 Å². The van der Waals surface area contributed by atoms with Crippen molar-refractivity contribution >= 4 is 5.97 Å². The van der Waals surface area contributed by atoms with E-state index in [1.54, 1.807) is 0 Å². The lowest BCUT2D eigenvalue weighted by atomic mass is 10.1. The van der Waals surface area contributed by atoms with Gasteiger partial charge in [0.05, 0.1) is 6.42 Å². The van der Waals surface area contributed by atoms with Crippen LogP contribution in [0.2, 0.25) is 0 Å². The summed E-state index contributed by atoms with van der Waals surface area (Å²) in [5, 5.41) is 20.1. The van der Waals surface area contributed by atoms with Crippen molar-refractivity contribution in [1.82, 2.24) is 5.32 Å². The van der Waals surface area contributed by atoms with E-state index in [1.807, 2.05) is 13.8 Å². The summed E-state index contributed by atoms with van der Waals surface area (Å²) in [7, 11) is 0. The molecule has 0 bridgehead atoms. The minimum Gasteiger partial charge on any atom is -0.481 e. The summed E-state index contributed by atoms with van der Waals surface area (Å²) in [6.07, 6.45) is 0.123. The Morgan fingerprint density at radius 3 is 2.50 bits per heavy atom. The second kappa shape index (κ2) is 5.97. The number of rotatable bonds is 6. The highest BCUT2D eigenvalue weighted by Gasteiger charge is 2.07. The molecule has 0 fully saturated rings. The zero-order chi connectivity index (χ0) is 9.56. The van der Waals surface area contributed by atoms with E-state index in [2.05, 4.69) is 5.32 Å². The van der Waals surface area contributed by atoms with E-state index < -0.39 is 5.97 Å². The van der Waals surface area contributed by atoms with Gasteiger partial charge in [0.15, 0.2) is 0 Å². The lowest BCUT2D eigenvalue weighted by molar-refractivity contribution is -0.137. The van der Waals surface area contributed by atoms with Crippen LogP contribution in [-0.2, 0) is 4.79 Å². The van der Waals surface area contributed by atoms with Gasteiger partial charge >= 0.3 is 5.97 Å². The van der Waals surface area contributed by atoms with Crippen LogP contribution in [0.25, 0.3) is 0 Å². The van der Waals surface area contributed by atoms with Gasteiger partial charge in [-0.3, -0.25) is 4.79 Å². The molecule has 0 aromatic carbocycles. The number of carboxylic acid groups (broad SMARTS) is 1. The van der Waals surface area contributed by atoms with Gasteiger partial charge in [0, 0.05) is 19.2 Å². The van der Waals surface area contributed by atoms with Crippen LogP contribution in [0.15, 0.2) is 0 Å². The average Bonchev–Trinajstić information content (AvgIpc) is 1.99. The summed E-state index contributed by atoms with van der Waals surface area (Å²) in [4.78, 5) is 10.2. The molecule has 12 heavy (non-hydrogen) atoms. The lowest BCUT2D eigenvalue weighted by Gasteiger charge is -2.14. The Balaban J connectivity index is 3.43. The third-order valence-electron chi connectivity index (χ3n) is 1.61. The first-order valence-corrected chi connectivity index (χ1v) is 4.12. The Morgan fingerprint density at radius 1 is 1.50 bits per heavy atom. The molecule has 4 heteroatoms. The minimum atomic E-state index is -0.799. The Labute approximate surface area is 72.6 Å². The van der Waals surface area contributed by atoms with E-state index in [-0.39, 0.29) is 25.0 Å². The Morgan fingerprint density at radius 2 is 2.08 bits per heavy atom. The molecule has 0 aliphatic carbocycles. The van der Waals surface area contributed by atoms with Gasteiger partial charge in [0.25, 0.3) is 0 Å².